The molecule has 0 amide bonds. The van der Waals surface area contributed by atoms with Crippen molar-refractivity contribution in [2.45, 2.75) is 13.5 Å². The molecule has 0 unspecified atom stereocenters. The van der Waals surface area contributed by atoms with E-state index in [9.17, 15) is 4.79 Å². The molecular formula is C11H13ClN4OS. The Labute approximate surface area is 114 Å². The summed E-state index contributed by atoms with van der Waals surface area (Å²) in [6, 6.07) is 1.58. The Kier molecular flexibility index (Phi) is 3.98. The third kappa shape index (κ3) is 2.88. The summed E-state index contributed by atoms with van der Waals surface area (Å²) in [4.78, 5) is 18.7. The van der Waals surface area contributed by atoms with E-state index in [1.54, 1.807) is 18.5 Å². The lowest BCUT2D eigenvalue weighted by atomic mass is 10.4. The van der Waals surface area contributed by atoms with Gasteiger partial charge in [0.05, 0.1) is 18.4 Å². The summed E-state index contributed by atoms with van der Waals surface area (Å²) in [7, 11) is 1.92. The first-order valence-electron chi connectivity index (χ1n) is 5.48. The summed E-state index contributed by atoms with van der Waals surface area (Å²) in [5.74, 6) is 0. The Morgan fingerprint density at radius 2 is 2.28 bits per heavy atom. The summed E-state index contributed by atoms with van der Waals surface area (Å²) >= 11 is 7.10. The second kappa shape index (κ2) is 5.49. The predicted octanol–water partition coefficient (Wildman–Crippen LogP) is 1.86. The van der Waals surface area contributed by atoms with Gasteiger partial charge in [-0.2, -0.15) is 5.10 Å². The lowest BCUT2D eigenvalue weighted by Gasteiger charge is -2.16. The van der Waals surface area contributed by atoms with E-state index in [2.05, 4.69) is 10.1 Å². The number of nitrogens with zero attached hydrogens (tertiary/aromatic N) is 4. The summed E-state index contributed by atoms with van der Waals surface area (Å²) in [6.45, 7) is 3.25. The van der Waals surface area contributed by atoms with Gasteiger partial charge in [0.1, 0.15) is 0 Å². The molecule has 0 aliphatic rings. The third-order valence-corrected chi connectivity index (χ3v) is 3.70. The van der Waals surface area contributed by atoms with Crippen molar-refractivity contribution in [3.05, 3.63) is 38.2 Å². The van der Waals surface area contributed by atoms with Gasteiger partial charge in [-0.1, -0.05) is 11.6 Å². The molecule has 0 N–H and O–H groups in total. The zero-order valence-electron chi connectivity index (χ0n) is 10.1. The average molecular weight is 285 g/mol. The van der Waals surface area contributed by atoms with E-state index in [4.69, 9.17) is 11.6 Å². The molecule has 5 nitrogen and oxygen atoms in total. The number of rotatable bonds is 4. The van der Waals surface area contributed by atoms with Crippen molar-refractivity contribution in [1.29, 1.82) is 0 Å². The van der Waals surface area contributed by atoms with E-state index in [0.29, 0.717) is 11.0 Å². The van der Waals surface area contributed by atoms with Crippen LogP contribution >= 0.6 is 22.9 Å². The average Bonchev–Trinajstić information content (AvgIpc) is 2.76. The minimum atomic E-state index is -0.127. The highest BCUT2D eigenvalue weighted by Gasteiger charge is 2.06. The SMILES string of the molecule is CCN(C)c1cnn(Cc2cnc(Cl)s2)c(=O)c1. The maximum absolute atomic E-state index is 11.9. The minimum Gasteiger partial charge on any atom is -0.373 e. The molecule has 18 heavy (non-hydrogen) atoms. The van der Waals surface area contributed by atoms with Gasteiger partial charge in [0.15, 0.2) is 4.47 Å². The van der Waals surface area contributed by atoms with Crippen LogP contribution in [-0.4, -0.2) is 28.4 Å². The van der Waals surface area contributed by atoms with Crippen LogP contribution in [0.3, 0.4) is 0 Å². The van der Waals surface area contributed by atoms with Gasteiger partial charge < -0.3 is 4.90 Å². The summed E-state index contributed by atoms with van der Waals surface area (Å²) in [5, 5.41) is 4.15. The van der Waals surface area contributed by atoms with Crippen molar-refractivity contribution >= 4 is 28.6 Å². The molecule has 0 saturated heterocycles. The molecule has 0 radical (unpaired) electrons. The quantitative estimate of drug-likeness (QED) is 0.860. The Balaban J connectivity index is 2.22. The molecule has 0 fully saturated rings. The molecule has 0 aliphatic carbocycles. The molecule has 0 bridgehead atoms. The number of thiazole rings is 1. The molecule has 2 aromatic rings. The third-order valence-electron chi connectivity index (χ3n) is 2.60. The highest BCUT2D eigenvalue weighted by Crippen LogP contribution is 2.18. The maximum atomic E-state index is 11.9. The number of hydrogen-bond donors (Lipinski definition) is 0. The number of aromatic nitrogens is 3. The fraction of sp³-hybridized carbons (Fsp3) is 0.364. The van der Waals surface area contributed by atoms with Crippen LogP contribution in [0.2, 0.25) is 4.47 Å². The molecule has 2 heterocycles. The van der Waals surface area contributed by atoms with Gasteiger partial charge in [0, 0.05) is 30.7 Å². The van der Waals surface area contributed by atoms with E-state index in [1.165, 1.54) is 16.0 Å². The molecule has 0 atom stereocenters. The summed E-state index contributed by atoms with van der Waals surface area (Å²) in [5.41, 5.74) is 0.693. The first kappa shape index (κ1) is 13.0. The smallest absolute Gasteiger partial charge is 0.269 e. The van der Waals surface area contributed by atoms with Crippen molar-refractivity contribution in [2.24, 2.45) is 0 Å². The fourth-order valence-electron chi connectivity index (χ4n) is 1.44. The topological polar surface area (TPSA) is 51.0 Å². The predicted molar refractivity (Wildman–Crippen MR) is 73.7 cm³/mol. The first-order valence-corrected chi connectivity index (χ1v) is 6.68. The van der Waals surface area contributed by atoms with Crippen molar-refractivity contribution < 1.29 is 0 Å². The van der Waals surface area contributed by atoms with Crippen LogP contribution in [0.25, 0.3) is 0 Å². The standard InChI is InChI=1S/C11H13ClN4OS/c1-3-15(2)8-4-10(17)16(14-5-8)7-9-6-13-11(12)18-9/h4-6H,3,7H2,1-2H3. The van der Waals surface area contributed by atoms with Crippen LogP contribution in [0.15, 0.2) is 23.3 Å². The van der Waals surface area contributed by atoms with Crippen LogP contribution in [-0.2, 0) is 6.54 Å². The lowest BCUT2D eigenvalue weighted by Crippen LogP contribution is -2.25. The Morgan fingerprint density at radius 1 is 1.50 bits per heavy atom. The number of halogens is 1. The second-order valence-electron chi connectivity index (χ2n) is 3.80. The Hall–Kier alpha value is -1.40. The van der Waals surface area contributed by atoms with Gasteiger partial charge >= 0.3 is 0 Å². The van der Waals surface area contributed by atoms with Crippen LogP contribution in [0, 0.1) is 0 Å². The fourth-order valence-corrected chi connectivity index (χ4v) is 2.40. The van der Waals surface area contributed by atoms with Gasteiger partial charge in [0.2, 0.25) is 0 Å². The molecule has 0 saturated carbocycles. The Bertz CT molecular complexity index is 595. The molecular weight excluding hydrogens is 272 g/mol. The van der Waals surface area contributed by atoms with Crippen molar-refractivity contribution in [1.82, 2.24) is 14.8 Å². The normalized spacial score (nSPS) is 10.6. The van der Waals surface area contributed by atoms with Crippen LogP contribution in [0.4, 0.5) is 5.69 Å². The molecule has 7 heteroatoms. The number of anilines is 1. The maximum Gasteiger partial charge on any atom is 0.269 e. The van der Waals surface area contributed by atoms with E-state index in [1.807, 2.05) is 18.9 Å². The van der Waals surface area contributed by atoms with E-state index in [0.717, 1.165) is 17.1 Å². The summed E-state index contributed by atoms with van der Waals surface area (Å²) < 4.78 is 1.87. The van der Waals surface area contributed by atoms with Crippen molar-refractivity contribution in [2.75, 3.05) is 18.5 Å². The van der Waals surface area contributed by atoms with Gasteiger partial charge in [-0.05, 0) is 6.92 Å². The van der Waals surface area contributed by atoms with Crippen molar-refractivity contribution in [3.63, 3.8) is 0 Å². The molecule has 2 aromatic heterocycles. The monoisotopic (exact) mass is 284 g/mol. The summed E-state index contributed by atoms with van der Waals surface area (Å²) in [6.07, 6.45) is 3.35. The van der Waals surface area contributed by atoms with Gasteiger partial charge in [0.25, 0.3) is 5.56 Å². The van der Waals surface area contributed by atoms with Gasteiger partial charge in [-0.3, -0.25) is 4.79 Å². The highest BCUT2D eigenvalue weighted by atomic mass is 35.5. The second-order valence-corrected chi connectivity index (χ2v) is 5.50. The molecule has 2 rings (SSSR count). The van der Waals surface area contributed by atoms with E-state index < -0.39 is 0 Å². The molecule has 0 spiro atoms. The Morgan fingerprint density at radius 3 is 2.83 bits per heavy atom. The molecule has 96 valence electrons. The largest absolute Gasteiger partial charge is 0.373 e. The zero-order valence-corrected chi connectivity index (χ0v) is 11.7. The zero-order chi connectivity index (χ0) is 13.1. The molecule has 0 aromatic carbocycles. The van der Waals surface area contributed by atoms with Gasteiger partial charge in [-0.25, -0.2) is 9.67 Å². The molecule has 0 aliphatic heterocycles. The minimum absolute atomic E-state index is 0.127. The van der Waals surface area contributed by atoms with Gasteiger partial charge in [-0.15, -0.1) is 11.3 Å². The van der Waals surface area contributed by atoms with E-state index >= 15 is 0 Å². The lowest BCUT2D eigenvalue weighted by molar-refractivity contribution is 0.643. The van der Waals surface area contributed by atoms with Crippen LogP contribution < -0.4 is 10.5 Å². The van der Waals surface area contributed by atoms with E-state index in [-0.39, 0.29) is 5.56 Å². The van der Waals surface area contributed by atoms with Crippen LogP contribution in [0.1, 0.15) is 11.8 Å². The first-order chi connectivity index (χ1) is 8.60. The van der Waals surface area contributed by atoms with Crippen LogP contribution in [0.5, 0.6) is 0 Å². The highest BCUT2D eigenvalue weighted by molar-refractivity contribution is 7.15. The number of hydrogen-bond acceptors (Lipinski definition) is 5. The van der Waals surface area contributed by atoms with Crippen molar-refractivity contribution in [3.8, 4) is 0 Å².